The third-order valence-electron chi connectivity index (χ3n) is 11.3. The third kappa shape index (κ3) is 4.66. The number of fused-ring (bicyclic) bond motifs is 8. The number of hydrogen-bond donors (Lipinski definition) is 0. The number of benzene rings is 8. The van der Waals surface area contributed by atoms with Crippen molar-refractivity contribution in [3.05, 3.63) is 181 Å². The van der Waals surface area contributed by atoms with E-state index < -0.39 is 0 Å². The first-order valence-electron chi connectivity index (χ1n) is 18.4. The molecule has 0 N–H and O–H groups in total. The normalized spacial score (nSPS) is 13.1. The molecule has 0 saturated heterocycles. The zero-order chi connectivity index (χ0) is 36.0. The zero-order valence-corrected chi connectivity index (χ0v) is 29.9. The van der Waals surface area contributed by atoms with Crippen LogP contribution in [0.25, 0.3) is 77.5 Å². The summed E-state index contributed by atoms with van der Waals surface area (Å²) in [6, 6.07) is 60.4. The second kappa shape index (κ2) is 11.5. The molecule has 2 aromatic heterocycles. The number of oxazole rings is 1. The number of nitrogens with zero attached hydrogens (tertiary/aromatic N) is 2. The van der Waals surface area contributed by atoms with Crippen molar-refractivity contribution in [2.24, 2.45) is 0 Å². The first-order valence-corrected chi connectivity index (χ1v) is 18.4. The Kier molecular flexibility index (Phi) is 6.56. The molecule has 0 saturated carbocycles. The van der Waals surface area contributed by atoms with E-state index in [-0.39, 0.29) is 5.41 Å². The van der Waals surface area contributed by atoms with E-state index in [9.17, 15) is 0 Å². The largest absolute Gasteiger partial charge is 0.456 e. The first kappa shape index (κ1) is 30.7. The van der Waals surface area contributed by atoms with Crippen LogP contribution in [-0.2, 0) is 5.41 Å². The Balaban J connectivity index is 1.07. The molecule has 1 aliphatic rings. The van der Waals surface area contributed by atoms with E-state index in [1.54, 1.807) is 0 Å². The van der Waals surface area contributed by atoms with E-state index in [2.05, 4.69) is 152 Å². The molecule has 0 bridgehead atoms. The molecule has 0 unspecified atom stereocenters. The highest BCUT2D eigenvalue weighted by molar-refractivity contribution is 6.10. The molecular weight excluding hydrogens is 661 g/mol. The average molecular weight is 695 g/mol. The second-order valence-electron chi connectivity index (χ2n) is 14.8. The quantitative estimate of drug-likeness (QED) is 0.180. The highest BCUT2D eigenvalue weighted by Gasteiger charge is 2.35. The van der Waals surface area contributed by atoms with Crippen LogP contribution >= 0.6 is 0 Å². The molecule has 1 aliphatic carbocycles. The van der Waals surface area contributed by atoms with Gasteiger partial charge in [0.15, 0.2) is 5.58 Å². The summed E-state index contributed by atoms with van der Waals surface area (Å²) in [6.07, 6.45) is 0. The van der Waals surface area contributed by atoms with E-state index in [1.165, 1.54) is 44.2 Å². The van der Waals surface area contributed by atoms with Crippen LogP contribution in [-0.4, -0.2) is 4.98 Å². The van der Waals surface area contributed by atoms with Gasteiger partial charge in [0.05, 0.1) is 0 Å². The van der Waals surface area contributed by atoms with Gasteiger partial charge in [0.1, 0.15) is 16.7 Å². The summed E-state index contributed by atoms with van der Waals surface area (Å²) in [5.74, 6) is 0.600. The fourth-order valence-corrected chi connectivity index (χ4v) is 8.58. The van der Waals surface area contributed by atoms with E-state index in [0.717, 1.165) is 50.1 Å². The van der Waals surface area contributed by atoms with Gasteiger partial charge in [-0.3, -0.25) is 0 Å². The number of furan rings is 1. The van der Waals surface area contributed by atoms with Crippen molar-refractivity contribution < 1.29 is 8.83 Å². The van der Waals surface area contributed by atoms with Gasteiger partial charge in [-0.05, 0) is 105 Å². The van der Waals surface area contributed by atoms with Crippen molar-refractivity contribution in [3.8, 4) is 33.7 Å². The maximum atomic E-state index is 6.44. The molecule has 8 aromatic carbocycles. The Labute approximate surface area is 312 Å². The second-order valence-corrected chi connectivity index (χ2v) is 14.8. The number of anilines is 3. The summed E-state index contributed by atoms with van der Waals surface area (Å²) >= 11 is 0. The standard InChI is InChI=1S/C50H34N2O2/c1-50(2)43-18-9-8-16-39(43)40-25-23-36(28-44(40)50)52(34-21-19-32(20-22-34)38-17-10-14-31-11-6-7-15-37(31)38)35-24-26-46-41(27-35)42-29-45-48(30-47(42)53-46)54-49(51-45)33-12-4-3-5-13-33/h3-30H,1-2H3. The van der Waals surface area contributed by atoms with Gasteiger partial charge < -0.3 is 13.7 Å². The van der Waals surface area contributed by atoms with Crippen molar-refractivity contribution in [3.63, 3.8) is 0 Å². The van der Waals surface area contributed by atoms with Gasteiger partial charge in [-0.1, -0.05) is 117 Å². The minimum atomic E-state index is -0.127. The predicted octanol–water partition coefficient (Wildman–Crippen LogP) is 14.0. The van der Waals surface area contributed by atoms with Gasteiger partial charge in [0.25, 0.3) is 0 Å². The van der Waals surface area contributed by atoms with Crippen molar-refractivity contribution in [2.45, 2.75) is 19.3 Å². The molecule has 0 fully saturated rings. The molecule has 0 spiro atoms. The molecule has 256 valence electrons. The summed E-state index contributed by atoms with van der Waals surface area (Å²) < 4.78 is 12.6. The Morgan fingerprint density at radius 2 is 1.13 bits per heavy atom. The van der Waals surface area contributed by atoms with Crippen LogP contribution < -0.4 is 4.90 Å². The summed E-state index contributed by atoms with van der Waals surface area (Å²) in [6.45, 7) is 4.67. The molecule has 11 rings (SSSR count). The van der Waals surface area contributed by atoms with E-state index in [1.807, 2.05) is 36.4 Å². The Bertz CT molecular complexity index is 3070. The fourth-order valence-electron chi connectivity index (χ4n) is 8.58. The lowest BCUT2D eigenvalue weighted by Gasteiger charge is -2.28. The molecule has 0 aliphatic heterocycles. The topological polar surface area (TPSA) is 42.4 Å². The van der Waals surface area contributed by atoms with Crippen LogP contribution in [0, 0.1) is 0 Å². The average Bonchev–Trinajstić information content (AvgIpc) is 3.87. The summed E-state index contributed by atoms with van der Waals surface area (Å²) in [5, 5.41) is 4.52. The molecule has 0 atom stereocenters. The zero-order valence-electron chi connectivity index (χ0n) is 29.9. The number of aromatic nitrogens is 1. The Morgan fingerprint density at radius 3 is 2.02 bits per heavy atom. The summed E-state index contributed by atoms with van der Waals surface area (Å²) in [7, 11) is 0. The van der Waals surface area contributed by atoms with Crippen LogP contribution in [0.5, 0.6) is 0 Å². The van der Waals surface area contributed by atoms with Gasteiger partial charge in [0.2, 0.25) is 5.89 Å². The maximum absolute atomic E-state index is 6.44. The van der Waals surface area contributed by atoms with Crippen LogP contribution in [0.1, 0.15) is 25.0 Å². The molecule has 4 heteroatoms. The van der Waals surface area contributed by atoms with Gasteiger partial charge in [-0.2, -0.15) is 0 Å². The number of rotatable bonds is 5. The summed E-state index contributed by atoms with van der Waals surface area (Å²) in [4.78, 5) is 7.24. The smallest absolute Gasteiger partial charge is 0.227 e. The van der Waals surface area contributed by atoms with Gasteiger partial charge in [-0.25, -0.2) is 4.98 Å². The SMILES string of the molecule is CC1(C)c2ccccc2-c2ccc(N(c3ccc(-c4cccc5ccccc45)cc3)c3ccc4oc5cc6oc(-c7ccccc7)nc6cc5c4c3)cc21. The Hall–Kier alpha value is -6.91. The van der Waals surface area contributed by atoms with Gasteiger partial charge >= 0.3 is 0 Å². The monoisotopic (exact) mass is 694 g/mol. The van der Waals surface area contributed by atoms with E-state index in [0.29, 0.717) is 11.5 Å². The molecule has 4 nitrogen and oxygen atoms in total. The van der Waals surface area contributed by atoms with Gasteiger partial charge in [0, 0.05) is 44.9 Å². The minimum absolute atomic E-state index is 0.127. The molecular formula is C50H34N2O2. The molecule has 2 heterocycles. The lowest BCUT2D eigenvalue weighted by molar-refractivity contribution is 0.617. The van der Waals surface area contributed by atoms with Crippen LogP contribution in [0.2, 0.25) is 0 Å². The highest BCUT2D eigenvalue weighted by Crippen LogP contribution is 2.51. The lowest BCUT2D eigenvalue weighted by atomic mass is 9.82. The minimum Gasteiger partial charge on any atom is -0.456 e. The van der Waals surface area contributed by atoms with Crippen LogP contribution in [0.15, 0.2) is 179 Å². The van der Waals surface area contributed by atoms with E-state index in [4.69, 9.17) is 13.8 Å². The van der Waals surface area contributed by atoms with Crippen molar-refractivity contribution in [1.82, 2.24) is 4.98 Å². The van der Waals surface area contributed by atoms with Crippen molar-refractivity contribution >= 4 is 60.9 Å². The molecule has 0 amide bonds. The summed E-state index contributed by atoms with van der Waals surface area (Å²) in [5.41, 5.74) is 14.9. The van der Waals surface area contributed by atoms with E-state index >= 15 is 0 Å². The van der Waals surface area contributed by atoms with Crippen molar-refractivity contribution in [1.29, 1.82) is 0 Å². The fraction of sp³-hybridized carbons (Fsp3) is 0.0600. The molecule has 0 radical (unpaired) electrons. The molecule has 54 heavy (non-hydrogen) atoms. The van der Waals surface area contributed by atoms with Crippen molar-refractivity contribution in [2.75, 3.05) is 4.90 Å². The first-order chi connectivity index (χ1) is 26.5. The van der Waals surface area contributed by atoms with Crippen LogP contribution in [0.4, 0.5) is 17.1 Å². The third-order valence-corrected chi connectivity index (χ3v) is 11.3. The number of hydrogen-bond acceptors (Lipinski definition) is 4. The van der Waals surface area contributed by atoms with Gasteiger partial charge in [-0.15, -0.1) is 0 Å². The maximum Gasteiger partial charge on any atom is 0.227 e. The lowest BCUT2D eigenvalue weighted by Crippen LogP contribution is -2.16. The predicted molar refractivity (Wildman–Crippen MR) is 222 cm³/mol. The molecule has 10 aromatic rings. The Morgan fingerprint density at radius 1 is 0.444 bits per heavy atom. The van der Waals surface area contributed by atoms with Crippen LogP contribution in [0.3, 0.4) is 0 Å². The highest BCUT2D eigenvalue weighted by atomic mass is 16.4.